The van der Waals surface area contributed by atoms with Crippen LogP contribution in [-0.2, 0) is 26.0 Å². The number of likely N-dealkylation sites (tertiary alicyclic amines) is 1. The fourth-order valence-corrected chi connectivity index (χ4v) is 6.25. The normalized spacial score (nSPS) is 29.6. The van der Waals surface area contributed by atoms with Gasteiger partial charge in [0.2, 0.25) is 10.0 Å². The molecule has 2 saturated heterocycles. The molecule has 2 heterocycles. The van der Waals surface area contributed by atoms with Gasteiger partial charge < -0.3 is 9.64 Å². The highest BCUT2D eigenvalue weighted by Crippen LogP contribution is 2.51. The molecule has 3 fully saturated rings. The van der Waals surface area contributed by atoms with E-state index >= 15 is 4.39 Å². The molecule has 1 amide bonds. The van der Waals surface area contributed by atoms with Crippen LogP contribution >= 0.6 is 0 Å². The van der Waals surface area contributed by atoms with Crippen LogP contribution in [0.5, 0.6) is 0 Å². The van der Waals surface area contributed by atoms with Gasteiger partial charge in [0.15, 0.2) is 0 Å². The maximum Gasteiger partial charge on any atom is 0.255 e. The quantitative estimate of drug-likeness (QED) is 0.622. The Hall–Kier alpha value is -2.43. The van der Waals surface area contributed by atoms with Crippen molar-refractivity contribution in [3.05, 3.63) is 59.4 Å². The summed E-state index contributed by atoms with van der Waals surface area (Å²) in [4.78, 5) is 15.1. The van der Waals surface area contributed by atoms with E-state index in [4.69, 9.17) is 4.74 Å². The van der Waals surface area contributed by atoms with Crippen LogP contribution in [-0.4, -0.2) is 55.3 Å². The molecular weight excluding hydrogens is 481 g/mol. The first-order chi connectivity index (χ1) is 16.5. The first-order valence-corrected chi connectivity index (χ1v) is 13.4. The second-order valence-corrected chi connectivity index (χ2v) is 11.8. The SMILES string of the molecule is CCS(=O)(=O)N[C@@H]1[C@H]2C[C@H]2N(C(=O)[C@]2(C)CCO2)[C@@H]1Cc1cccc(-c2cc(F)cc(F)c2)c1F. The minimum atomic E-state index is -3.58. The summed E-state index contributed by atoms with van der Waals surface area (Å²) >= 11 is 0. The minimum absolute atomic E-state index is 0.0295. The number of amides is 1. The molecule has 0 unspecified atom stereocenters. The molecule has 1 N–H and O–H groups in total. The average Bonchev–Trinajstić information content (AvgIpc) is 3.50. The Morgan fingerprint density at radius 1 is 1.20 bits per heavy atom. The van der Waals surface area contributed by atoms with Gasteiger partial charge in [0.05, 0.1) is 18.4 Å². The number of hydrogen-bond acceptors (Lipinski definition) is 4. The van der Waals surface area contributed by atoms with E-state index in [-0.39, 0.29) is 46.7 Å². The van der Waals surface area contributed by atoms with Crippen molar-refractivity contribution in [3.8, 4) is 11.1 Å². The molecule has 2 aromatic carbocycles. The summed E-state index contributed by atoms with van der Waals surface area (Å²) < 4.78 is 76.4. The summed E-state index contributed by atoms with van der Waals surface area (Å²) in [5.41, 5.74) is -0.648. The number of nitrogens with zero attached hydrogens (tertiary/aromatic N) is 1. The molecule has 3 aliphatic rings. The molecule has 0 bridgehead atoms. The van der Waals surface area contributed by atoms with Gasteiger partial charge in [0.1, 0.15) is 23.1 Å². The van der Waals surface area contributed by atoms with Gasteiger partial charge in [-0.25, -0.2) is 26.3 Å². The smallest absolute Gasteiger partial charge is 0.255 e. The zero-order valence-electron chi connectivity index (χ0n) is 19.4. The van der Waals surface area contributed by atoms with Crippen molar-refractivity contribution in [1.29, 1.82) is 0 Å². The molecule has 0 aromatic heterocycles. The van der Waals surface area contributed by atoms with Crippen molar-refractivity contribution in [1.82, 2.24) is 9.62 Å². The predicted molar refractivity (Wildman–Crippen MR) is 123 cm³/mol. The summed E-state index contributed by atoms with van der Waals surface area (Å²) in [5, 5.41) is 0. The predicted octanol–water partition coefficient (Wildman–Crippen LogP) is 3.40. The van der Waals surface area contributed by atoms with E-state index in [9.17, 15) is 22.0 Å². The van der Waals surface area contributed by atoms with Crippen LogP contribution < -0.4 is 4.72 Å². The number of hydrogen-bond donors (Lipinski definition) is 1. The molecule has 2 aliphatic heterocycles. The van der Waals surface area contributed by atoms with Crippen LogP contribution in [0.4, 0.5) is 13.2 Å². The standard InChI is InChI=1S/C25H27F3N2O4S/c1-3-35(32,33)29-23-19-13-20(19)30(24(31)25(2)7-8-34-25)21(23)11-14-5-4-6-18(22(14)28)15-9-16(26)12-17(27)10-15/h4-6,9-10,12,19-21,23,29H,3,7-8,11,13H2,1-2H3/t19-,20+,21+,23+,25-/m0/s1. The van der Waals surface area contributed by atoms with Gasteiger partial charge in [-0.2, -0.15) is 0 Å². The zero-order chi connectivity index (χ0) is 25.1. The van der Waals surface area contributed by atoms with Crippen molar-refractivity contribution < 1.29 is 31.1 Å². The summed E-state index contributed by atoms with van der Waals surface area (Å²) in [7, 11) is -3.58. The Labute approximate surface area is 202 Å². The third-order valence-electron chi connectivity index (χ3n) is 7.46. The molecule has 5 rings (SSSR count). The number of nitrogens with one attached hydrogen (secondary N) is 1. The van der Waals surface area contributed by atoms with Crippen LogP contribution in [0.15, 0.2) is 36.4 Å². The molecule has 5 atom stereocenters. The maximum absolute atomic E-state index is 15.6. The summed E-state index contributed by atoms with van der Waals surface area (Å²) in [6.07, 6.45) is 1.27. The lowest BCUT2D eigenvalue weighted by molar-refractivity contribution is -0.183. The largest absolute Gasteiger partial charge is 0.365 e. The first-order valence-electron chi connectivity index (χ1n) is 11.7. The maximum atomic E-state index is 15.6. The highest BCUT2D eigenvalue weighted by molar-refractivity contribution is 7.89. The number of rotatable bonds is 7. The molecule has 2 aromatic rings. The highest BCUT2D eigenvalue weighted by Gasteiger charge is 2.63. The lowest BCUT2D eigenvalue weighted by atomic mass is 9.91. The number of sulfonamides is 1. The summed E-state index contributed by atoms with van der Waals surface area (Å²) in [6, 6.07) is 6.07. The van der Waals surface area contributed by atoms with Crippen molar-refractivity contribution in [2.75, 3.05) is 12.4 Å². The Balaban J connectivity index is 1.51. The van der Waals surface area contributed by atoms with Crippen LogP contribution in [0, 0.1) is 23.4 Å². The third kappa shape index (κ3) is 4.36. The third-order valence-corrected chi connectivity index (χ3v) is 8.85. The van der Waals surface area contributed by atoms with Crippen molar-refractivity contribution in [2.45, 2.75) is 56.8 Å². The van der Waals surface area contributed by atoms with E-state index in [0.717, 1.165) is 12.1 Å². The van der Waals surface area contributed by atoms with Crippen molar-refractivity contribution >= 4 is 15.9 Å². The number of carbonyl (C=O) groups is 1. The van der Waals surface area contributed by atoms with E-state index in [0.29, 0.717) is 25.5 Å². The van der Waals surface area contributed by atoms with Crippen molar-refractivity contribution in [3.63, 3.8) is 0 Å². The average molecular weight is 509 g/mol. The molecule has 1 aliphatic carbocycles. The molecule has 0 radical (unpaired) electrons. The van der Waals surface area contributed by atoms with Gasteiger partial charge >= 0.3 is 0 Å². The molecular formula is C25H27F3N2O4S. The number of benzene rings is 2. The van der Waals surface area contributed by atoms with Crippen molar-refractivity contribution in [2.24, 2.45) is 5.92 Å². The van der Waals surface area contributed by atoms with Crippen LogP contribution in [0.1, 0.15) is 32.3 Å². The molecule has 6 nitrogen and oxygen atoms in total. The number of carbonyl (C=O) groups excluding carboxylic acids is 1. The second-order valence-electron chi connectivity index (χ2n) is 9.76. The highest BCUT2D eigenvalue weighted by atomic mass is 32.2. The number of halogens is 3. The summed E-state index contributed by atoms with van der Waals surface area (Å²) in [6.45, 7) is 3.72. The Morgan fingerprint density at radius 2 is 1.89 bits per heavy atom. The van der Waals surface area contributed by atoms with Crippen LogP contribution in [0.3, 0.4) is 0 Å². The lowest BCUT2D eigenvalue weighted by Crippen LogP contribution is -2.60. The Morgan fingerprint density at radius 3 is 2.49 bits per heavy atom. The van der Waals surface area contributed by atoms with E-state index in [1.165, 1.54) is 13.0 Å². The number of piperidine rings is 1. The number of ether oxygens (including phenoxy) is 1. The number of fused-ring (bicyclic) bond motifs is 1. The molecule has 188 valence electrons. The lowest BCUT2D eigenvalue weighted by Gasteiger charge is -2.43. The molecule has 35 heavy (non-hydrogen) atoms. The fourth-order valence-electron chi connectivity index (χ4n) is 5.34. The van der Waals surface area contributed by atoms with Gasteiger partial charge in [0, 0.05) is 30.1 Å². The van der Waals surface area contributed by atoms with Crippen LogP contribution in [0.2, 0.25) is 0 Å². The molecule has 10 heteroatoms. The zero-order valence-corrected chi connectivity index (χ0v) is 20.2. The fraction of sp³-hybridized carbons (Fsp3) is 0.480. The van der Waals surface area contributed by atoms with E-state index in [2.05, 4.69) is 4.72 Å². The van der Waals surface area contributed by atoms with Gasteiger partial charge in [-0.3, -0.25) is 4.79 Å². The van der Waals surface area contributed by atoms with E-state index in [1.54, 1.807) is 24.0 Å². The molecule has 1 saturated carbocycles. The topological polar surface area (TPSA) is 75.7 Å². The van der Waals surface area contributed by atoms with E-state index in [1.807, 2.05) is 0 Å². The van der Waals surface area contributed by atoms with Gasteiger partial charge in [-0.15, -0.1) is 0 Å². The van der Waals surface area contributed by atoms with E-state index < -0.39 is 45.2 Å². The Kier molecular flexibility index (Phi) is 5.96. The molecule has 0 spiro atoms. The second kappa shape index (κ2) is 8.60. The van der Waals surface area contributed by atoms with Crippen LogP contribution in [0.25, 0.3) is 11.1 Å². The van der Waals surface area contributed by atoms with Gasteiger partial charge in [-0.05, 0) is 55.9 Å². The minimum Gasteiger partial charge on any atom is -0.365 e. The van der Waals surface area contributed by atoms with Gasteiger partial charge in [0.25, 0.3) is 5.91 Å². The monoisotopic (exact) mass is 508 g/mol. The first kappa shape index (κ1) is 24.3. The summed E-state index contributed by atoms with van der Waals surface area (Å²) in [5.74, 6) is -2.69. The van der Waals surface area contributed by atoms with Gasteiger partial charge in [-0.1, -0.05) is 18.2 Å². The Bertz CT molecular complexity index is 1260.